The molecule has 0 spiro atoms. The van der Waals surface area contributed by atoms with Crippen LogP contribution in [0.2, 0.25) is 0 Å². The van der Waals surface area contributed by atoms with Gasteiger partial charge in [0.05, 0.1) is 18.8 Å². The predicted octanol–water partition coefficient (Wildman–Crippen LogP) is 9.15. The summed E-state index contributed by atoms with van der Waals surface area (Å²) in [5.41, 5.74) is 3.24. The van der Waals surface area contributed by atoms with Gasteiger partial charge in [-0.1, -0.05) is 32.8 Å². The lowest BCUT2D eigenvalue weighted by atomic mass is 9.98. The molecule has 6 nitrogen and oxygen atoms in total. The summed E-state index contributed by atoms with van der Waals surface area (Å²) in [6.07, 6.45) is 9.26. The van der Waals surface area contributed by atoms with Crippen molar-refractivity contribution in [2.45, 2.75) is 72.8 Å². The standard InChI is InChI=1S/C36H50O6P2/c1-26(7-5-23-43)19-21-38-31-10-14-33(15-11-31)41-36(37)35-18-9-30(28(3)29(35)4)25-40-42-34-16-12-32(13-17-34)39-22-20-27(2)8-6-24-44/h9-18,26-27H,5-8,19-25,43-44H2,1-4H3. The maximum Gasteiger partial charge on any atom is 0.343 e. The van der Waals surface area contributed by atoms with E-state index in [1.807, 2.05) is 56.3 Å². The van der Waals surface area contributed by atoms with Crippen LogP contribution in [-0.2, 0) is 11.5 Å². The first-order valence-electron chi connectivity index (χ1n) is 15.8. The molecule has 44 heavy (non-hydrogen) atoms. The second kappa shape index (κ2) is 19.7. The van der Waals surface area contributed by atoms with E-state index in [-0.39, 0.29) is 6.61 Å². The van der Waals surface area contributed by atoms with Crippen molar-refractivity contribution in [3.63, 3.8) is 0 Å². The summed E-state index contributed by atoms with van der Waals surface area (Å²) in [7, 11) is 5.56. The third-order valence-corrected chi connectivity index (χ3v) is 8.72. The molecule has 0 saturated carbocycles. The van der Waals surface area contributed by atoms with Crippen LogP contribution < -0.4 is 19.1 Å². The molecule has 240 valence electrons. The minimum atomic E-state index is -0.400. The van der Waals surface area contributed by atoms with Crippen LogP contribution in [0.5, 0.6) is 23.0 Å². The van der Waals surface area contributed by atoms with E-state index in [2.05, 4.69) is 32.3 Å². The minimum absolute atomic E-state index is 0.242. The maximum absolute atomic E-state index is 13.0. The van der Waals surface area contributed by atoms with Crippen molar-refractivity contribution in [1.29, 1.82) is 0 Å². The fourth-order valence-electron chi connectivity index (χ4n) is 4.75. The number of rotatable bonds is 20. The number of ether oxygens (including phenoxy) is 3. The lowest BCUT2D eigenvalue weighted by molar-refractivity contribution is -0.217. The van der Waals surface area contributed by atoms with Crippen LogP contribution in [0.4, 0.5) is 0 Å². The Hall–Kier alpha value is -2.65. The number of hydrogen-bond donors (Lipinski definition) is 0. The lowest BCUT2D eigenvalue weighted by Gasteiger charge is -2.14. The van der Waals surface area contributed by atoms with E-state index in [1.54, 1.807) is 18.2 Å². The quantitative estimate of drug-likeness (QED) is 0.0404. The molecule has 0 fully saturated rings. The molecule has 4 unspecified atom stereocenters. The van der Waals surface area contributed by atoms with Gasteiger partial charge < -0.3 is 19.1 Å². The van der Waals surface area contributed by atoms with Crippen molar-refractivity contribution in [2.75, 3.05) is 25.5 Å². The molecule has 0 aliphatic carbocycles. The highest BCUT2D eigenvalue weighted by molar-refractivity contribution is 7.16. The SMILES string of the molecule is Cc1c(COOc2ccc(OCCC(C)CCCP)cc2)ccc(C(=O)Oc2ccc(OCCC(C)CCCP)cc2)c1C. The molecule has 4 atom stereocenters. The van der Waals surface area contributed by atoms with E-state index in [9.17, 15) is 4.79 Å². The van der Waals surface area contributed by atoms with Gasteiger partial charge in [-0.25, -0.2) is 4.79 Å². The molecular formula is C36H50O6P2. The zero-order valence-corrected chi connectivity index (χ0v) is 29.1. The van der Waals surface area contributed by atoms with Gasteiger partial charge in [-0.3, -0.25) is 0 Å². The molecule has 0 bridgehead atoms. The van der Waals surface area contributed by atoms with Gasteiger partial charge in [-0.15, -0.1) is 18.5 Å². The van der Waals surface area contributed by atoms with Crippen molar-refractivity contribution in [3.05, 3.63) is 82.9 Å². The molecule has 3 aromatic rings. The minimum Gasteiger partial charge on any atom is -0.494 e. The Kier molecular flexibility index (Phi) is 16.0. The summed E-state index contributed by atoms with van der Waals surface area (Å²) in [5, 5.41) is 0. The molecule has 8 heteroatoms. The Balaban J connectivity index is 1.43. The number of carbonyl (C=O) groups is 1. The van der Waals surface area contributed by atoms with Crippen LogP contribution in [0.3, 0.4) is 0 Å². The second-order valence-corrected chi connectivity index (χ2v) is 12.7. The molecule has 0 N–H and O–H groups in total. The third-order valence-electron chi connectivity index (χ3n) is 7.91. The summed E-state index contributed by atoms with van der Waals surface area (Å²) < 4.78 is 17.4. The first-order chi connectivity index (χ1) is 21.3. The fraction of sp³-hybridized carbons (Fsp3) is 0.472. The maximum atomic E-state index is 13.0. The van der Waals surface area contributed by atoms with Crippen LogP contribution in [0.15, 0.2) is 60.7 Å². The van der Waals surface area contributed by atoms with Crippen molar-refractivity contribution < 1.29 is 28.8 Å². The van der Waals surface area contributed by atoms with Crippen molar-refractivity contribution >= 4 is 24.4 Å². The number of hydrogen-bond acceptors (Lipinski definition) is 6. The van der Waals surface area contributed by atoms with Gasteiger partial charge in [0.25, 0.3) is 0 Å². The van der Waals surface area contributed by atoms with E-state index in [0.29, 0.717) is 42.1 Å². The second-order valence-electron chi connectivity index (χ2n) is 11.5. The van der Waals surface area contributed by atoms with Gasteiger partial charge in [0.15, 0.2) is 5.75 Å². The first kappa shape index (κ1) is 35.8. The van der Waals surface area contributed by atoms with E-state index >= 15 is 0 Å². The average Bonchev–Trinajstić information content (AvgIpc) is 3.02. The van der Waals surface area contributed by atoms with Gasteiger partial charge in [0.2, 0.25) is 0 Å². The van der Waals surface area contributed by atoms with Gasteiger partial charge in [0, 0.05) is 0 Å². The zero-order chi connectivity index (χ0) is 31.7. The Morgan fingerprint density at radius 2 is 1.16 bits per heavy atom. The van der Waals surface area contributed by atoms with Gasteiger partial charge in [-0.05, 0) is 135 Å². The van der Waals surface area contributed by atoms with Gasteiger partial charge in [-0.2, -0.15) is 4.89 Å². The zero-order valence-electron chi connectivity index (χ0n) is 26.8. The lowest BCUT2D eigenvalue weighted by Crippen LogP contribution is -2.12. The topological polar surface area (TPSA) is 63.2 Å². The molecule has 0 saturated heterocycles. The molecule has 0 aromatic heterocycles. The Morgan fingerprint density at radius 3 is 1.68 bits per heavy atom. The highest BCUT2D eigenvalue weighted by atomic mass is 31.0. The molecule has 0 radical (unpaired) electrons. The van der Waals surface area contributed by atoms with Crippen LogP contribution in [0, 0.1) is 25.7 Å². The Morgan fingerprint density at radius 1 is 0.659 bits per heavy atom. The molecule has 0 aliphatic heterocycles. The molecule has 3 rings (SSSR count). The summed E-state index contributed by atoms with van der Waals surface area (Å²) in [4.78, 5) is 24.0. The summed E-state index contributed by atoms with van der Waals surface area (Å²) >= 11 is 0. The Labute approximate surface area is 268 Å². The highest BCUT2D eigenvalue weighted by Crippen LogP contribution is 2.24. The number of esters is 1. The van der Waals surface area contributed by atoms with E-state index in [0.717, 1.165) is 53.4 Å². The highest BCUT2D eigenvalue weighted by Gasteiger charge is 2.16. The summed E-state index contributed by atoms with van der Waals surface area (Å²) in [5.74, 6) is 3.56. The Bertz CT molecular complexity index is 1260. The van der Waals surface area contributed by atoms with E-state index in [4.69, 9.17) is 24.0 Å². The summed E-state index contributed by atoms with van der Waals surface area (Å²) in [6.45, 7) is 10.0. The van der Waals surface area contributed by atoms with Crippen LogP contribution in [0.1, 0.15) is 79.4 Å². The molecule has 0 heterocycles. The molecular weight excluding hydrogens is 590 g/mol. The van der Waals surface area contributed by atoms with Crippen molar-refractivity contribution in [2.24, 2.45) is 11.8 Å². The predicted molar refractivity (Wildman–Crippen MR) is 185 cm³/mol. The van der Waals surface area contributed by atoms with Gasteiger partial charge in [0.1, 0.15) is 23.9 Å². The van der Waals surface area contributed by atoms with E-state index < -0.39 is 5.97 Å². The molecule has 3 aromatic carbocycles. The van der Waals surface area contributed by atoms with Crippen LogP contribution >= 0.6 is 18.5 Å². The van der Waals surface area contributed by atoms with Gasteiger partial charge >= 0.3 is 5.97 Å². The fourth-order valence-corrected chi connectivity index (χ4v) is 5.22. The smallest absolute Gasteiger partial charge is 0.343 e. The van der Waals surface area contributed by atoms with Crippen LogP contribution in [0.25, 0.3) is 0 Å². The first-order valence-corrected chi connectivity index (χ1v) is 17.4. The normalized spacial score (nSPS) is 12.4. The number of benzene rings is 3. The van der Waals surface area contributed by atoms with Crippen molar-refractivity contribution in [1.82, 2.24) is 0 Å². The van der Waals surface area contributed by atoms with E-state index in [1.165, 1.54) is 25.7 Å². The van der Waals surface area contributed by atoms with Crippen LogP contribution in [-0.4, -0.2) is 31.5 Å². The summed E-state index contributed by atoms with van der Waals surface area (Å²) in [6, 6.07) is 18.3. The largest absolute Gasteiger partial charge is 0.494 e. The van der Waals surface area contributed by atoms with Crippen molar-refractivity contribution in [3.8, 4) is 23.0 Å². The third kappa shape index (κ3) is 12.4. The average molecular weight is 641 g/mol. The molecule has 0 aliphatic rings. The number of carbonyl (C=O) groups excluding carboxylic acids is 1. The molecule has 0 amide bonds. The monoisotopic (exact) mass is 640 g/mol.